The number of hydrogen-bond donors (Lipinski definition) is 1. The molecule has 100 valence electrons. The Bertz CT molecular complexity index is 385. The highest BCUT2D eigenvalue weighted by Gasteiger charge is 2.14. The van der Waals surface area contributed by atoms with Crippen LogP contribution in [-0.2, 0) is 16.1 Å². The summed E-state index contributed by atoms with van der Waals surface area (Å²) in [6, 6.07) is 3.69. The highest BCUT2D eigenvalue weighted by molar-refractivity contribution is 5.78. The fourth-order valence-corrected chi connectivity index (χ4v) is 1.69. The van der Waals surface area contributed by atoms with Crippen LogP contribution in [0.5, 0.6) is 0 Å². The Morgan fingerprint density at radius 2 is 2.17 bits per heavy atom. The lowest BCUT2D eigenvalue weighted by molar-refractivity contribution is -0.131. The third-order valence-corrected chi connectivity index (χ3v) is 2.65. The predicted octanol–water partition coefficient (Wildman–Crippen LogP) is 1.54. The Kier molecular flexibility index (Phi) is 5.42. The summed E-state index contributed by atoms with van der Waals surface area (Å²) in [7, 11) is 0. The molecule has 1 aromatic rings. The number of hydrogen-bond acceptors (Lipinski definition) is 3. The van der Waals surface area contributed by atoms with E-state index in [1.54, 1.807) is 23.3 Å². The summed E-state index contributed by atoms with van der Waals surface area (Å²) in [6.07, 6.45) is 1.87. The quantitative estimate of drug-likeness (QED) is 0.835. The van der Waals surface area contributed by atoms with Gasteiger partial charge in [0.1, 0.15) is 5.76 Å². The average molecular weight is 252 g/mol. The maximum atomic E-state index is 11.6. The smallest absolute Gasteiger partial charge is 0.222 e. The van der Waals surface area contributed by atoms with Gasteiger partial charge in [-0.3, -0.25) is 9.59 Å². The monoisotopic (exact) mass is 252 g/mol. The van der Waals surface area contributed by atoms with Crippen molar-refractivity contribution in [3.8, 4) is 0 Å². The Hall–Kier alpha value is -1.78. The van der Waals surface area contributed by atoms with E-state index in [0.717, 1.165) is 5.76 Å². The zero-order chi connectivity index (χ0) is 13.5. The lowest BCUT2D eigenvalue weighted by Crippen LogP contribution is -2.38. The fraction of sp³-hybridized carbons (Fsp3) is 0.538. The number of nitrogens with zero attached hydrogens (tertiary/aromatic N) is 1. The van der Waals surface area contributed by atoms with Crippen LogP contribution in [0.2, 0.25) is 0 Å². The van der Waals surface area contributed by atoms with Crippen molar-refractivity contribution in [2.45, 2.75) is 39.8 Å². The second kappa shape index (κ2) is 6.83. The fourth-order valence-electron chi connectivity index (χ4n) is 1.69. The number of amides is 2. The minimum absolute atomic E-state index is 0.0103. The van der Waals surface area contributed by atoms with Gasteiger partial charge in [0.2, 0.25) is 11.8 Å². The van der Waals surface area contributed by atoms with Crippen LogP contribution in [0.25, 0.3) is 0 Å². The molecule has 0 saturated heterocycles. The Balaban J connectivity index is 2.29. The summed E-state index contributed by atoms with van der Waals surface area (Å²) in [5, 5.41) is 2.75. The van der Waals surface area contributed by atoms with Crippen molar-refractivity contribution >= 4 is 11.8 Å². The van der Waals surface area contributed by atoms with Gasteiger partial charge in [-0.2, -0.15) is 0 Å². The first-order chi connectivity index (χ1) is 8.50. The molecular weight excluding hydrogens is 232 g/mol. The summed E-state index contributed by atoms with van der Waals surface area (Å²) in [6.45, 7) is 6.20. The van der Waals surface area contributed by atoms with Gasteiger partial charge in [0, 0.05) is 25.9 Å². The van der Waals surface area contributed by atoms with E-state index >= 15 is 0 Å². The maximum Gasteiger partial charge on any atom is 0.222 e. The molecule has 0 spiro atoms. The van der Waals surface area contributed by atoms with Gasteiger partial charge >= 0.3 is 0 Å². The lowest BCUT2D eigenvalue weighted by atomic mass is 10.2. The highest BCUT2D eigenvalue weighted by Crippen LogP contribution is 2.02. The highest BCUT2D eigenvalue weighted by atomic mass is 16.3. The largest absolute Gasteiger partial charge is 0.467 e. The first-order valence-electron chi connectivity index (χ1n) is 6.07. The third kappa shape index (κ3) is 4.61. The van der Waals surface area contributed by atoms with Crippen LogP contribution in [0.3, 0.4) is 0 Å². The van der Waals surface area contributed by atoms with Crippen molar-refractivity contribution in [2.24, 2.45) is 0 Å². The average Bonchev–Trinajstić information content (AvgIpc) is 2.78. The van der Waals surface area contributed by atoms with Gasteiger partial charge < -0.3 is 14.6 Å². The van der Waals surface area contributed by atoms with E-state index in [2.05, 4.69) is 5.32 Å². The normalized spacial score (nSPS) is 10.4. The molecule has 1 rings (SSSR count). The van der Waals surface area contributed by atoms with Crippen LogP contribution in [-0.4, -0.2) is 29.3 Å². The molecule has 1 aromatic heterocycles. The molecule has 0 radical (unpaired) electrons. The Morgan fingerprint density at radius 1 is 1.44 bits per heavy atom. The zero-order valence-electron chi connectivity index (χ0n) is 11.1. The Morgan fingerprint density at radius 3 is 2.67 bits per heavy atom. The van der Waals surface area contributed by atoms with Crippen molar-refractivity contribution in [2.75, 3.05) is 6.54 Å². The van der Waals surface area contributed by atoms with E-state index in [0.29, 0.717) is 19.5 Å². The van der Waals surface area contributed by atoms with Crippen molar-refractivity contribution in [1.29, 1.82) is 0 Å². The van der Waals surface area contributed by atoms with Gasteiger partial charge in [0.05, 0.1) is 12.8 Å². The van der Waals surface area contributed by atoms with Crippen LogP contribution < -0.4 is 5.32 Å². The zero-order valence-corrected chi connectivity index (χ0v) is 11.1. The number of carbonyl (C=O) groups excluding carboxylic acids is 2. The molecular formula is C13H20N2O3. The van der Waals surface area contributed by atoms with Gasteiger partial charge in [-0.15, -0.1) is 0 Å². The summed E-state index contributed by atoms with van der Waals surface area (Å²) < 4.78 is 5.11. The van der Waals surface area contributed by atoms with Gasteiger partial charge in [-0.05, 0) is 26.0 Å². The standard InChI is InChI=1S/C13H20N2O3/c1-10(2)15(11(3)16)7-6-13(17)14-9-12-5-4-8-18-12/h4-5,8,10H,6-7,9H2,1-3H3,(H,14,17). The summed E-state index contributed by atoms with van der Waals surface area (Å²) in [4.78, 5) is 24.6. The molecule has 1 heterocycles. The van der Waals surface area contributed by atoms with E-state index in [1.807, 2.05) is 13.8 Å². The van der Waals surface area contributed by atoms with E-state index in [4.69, 9.17) is 4.42 Å². The van der Waals surface area contributed by atoms with Gasteiger partial charge in [-0.25, -0.2) is 0 Å². The third-order valence-electron chi connectivity index (χ3n) is 2.65. The first kappa shape index (κ1) is 14.3. The van der Waals surface area contributed by atoms with Crippen molar-refractivity contribution < 1.29 is 14.0 Å². The second-order valence-electron chi connectivity index (χ2n) is 4.41. The van der Waals surface area contributed by atoms with Crippen molar-refractivity contribution in [3.63, 3.8) is 0 Å². The summed E-state index contributed by atoms with van der Waals surface area (Å²) in [5.41, 5.74) is 0. The summed E-state index contributed by atoms with van der Waals surface area (Å²) in [5.74, 6) is 0.623. The van der Waals surface area contributed by atoms with Gasteiger partial charge in [0.25, 0.3) is 0 Å². The van der Waals surface area contributed by atoms with Gasteiger partial charge in [0.15, 0.2) is 0 Å². The Labute approximate surface area is 107 Å². The van der Waals surface area contributed by atoms with Crippen molar-refractivity contribution in [3.05, 3.63) is 24.2 Å². The number of furan rings is 1. The summed E-state index contributed by atoms with van der Waals surface area (Å²) >= 11 is 0. The second-order valence-corrected chi connectivity index (χ2v) is 4.41. The van der Waals surface area contributed by atoms with E-state index in [-0.39, 0.29) is 17.9 Å². The number of carbonyl (C=O) groups is 2. The number of nitrogens with one attached hydrogen (secondary N) is 1. The molecule has 0 aromatic carbocycles. The molecule has 5 nitrogen and oxygen atoms in total. The maximum absolute atomic E-state index is 11.6. The van der Waals surface area contributed by atoms with E-state index in [9.17, 15) is 9.59 Å². The van der Waals surface area contributed by atoms with Crippen LogP contribution >= 0.6 is 0 Å². The molecule has 1 N–H and O–H groups in total. The van der Waals surface area contributed by atoms with Crippen LogP contribution in [0.1, 0.15) is 33.0 Å². The molecule has 0 unspecified atom stereocenters. The van der Waals surface area contributed by atoms with E-state index < -0.39 is 0 Å². The molecule has 0 aliphatic heterocycles. The predicted molar refractivity (Wildman–Crippen MR) is 67.7 cm³/mol. The van der Waals surface area contributed by atoms with Crippen LogP contribution in [0.4, 0.5) is 0 Å². The minimum Gasteiger partial charge on any atom is -0.467 e. The number of rotatable bonds is 6. The molecule has 0 fully saturated rings. The van der Waals surface area contributed by atoms with Crippen molar-refractivity contribution in [1.82, 2.24) is 10.2 Å². The molecule has 0 atom stereocenters. The molecule has 0 saturated carbocycles. The topological polar surface area (TPSA) is 62.6 Å². The van der Waals surface area contributed by atoms with Crippen LogP contribution in [0.15, 0.2) is 22.8 Å². The van der Waals surface area contributed by atoms with Crippen LogP contribution in [0, 0.1) is 0 Å². The molecule has 0 aliphatic carbocycles. The van der Waals surface area contributed by atoms with E-state index in [1.165, 1.54) is 6.92 Å². The molecule has 2 amide bonds. The molecule has 5 heteroatoms. The minimum atomic E-state index is -0.0849. The molecule has 18 heavy (non-hydrogen) atoms. The SMILES string of the molecule is CC(=O)N(CCC(=O)NCc1ccco1)C(C)C. The van der Waals surface area contributed by atoms with Gasteiger partial charge in [-0.1, -0.05) is 0 Å². The molecule has 0 bridgehead atoms. The lowest BCUT2D eigenvalue weighted by Gasteiger charge is -2.24. The molecule has 0 aliphatic rings. The first-order valence-corrected chi connectivity index (χ1v) is 6.07.